The number of carbonyl (C=O) groups is 1. The average Bonchev–Trinajstić information content (AvgIpc) is 2.76. The van der Waals surface area contributed by atoms with Gasteiger partial charge in [0.05, 0.1) is 24.9 Å². The molecule has 8 atom stereocenters. The summed E-state index contributed by atoms with van der Waals surface area (Å²) in [6, 6.07) is 6.81. The number of hydrogen-bond donors (Lipinski definition) is 6. The number of rotatable bonds is 7. The lowest BCUT2D eigenvalue weighted by Crippen LogP contribution is -2.57. The van der Waals surface area contributed by atoms with E-state index in [1.54, 1.807) is 24.3 Å². The lowest BCUT2D eigenvalue weighted by Gasteiger charge is -2.43. The molecule has 10 heteroatoms. The molecule has 1 amide bonds. The van der Waals surface area contributed by atoms with Gasteiger partial charge < -0.3 is 45.1 Å². The summed E-state index contributed by atoms with van der Waals surface area (Å²) in [5, 5.41) is 52.1. The number of aliphatic hydroxyl groups excluding tert-OH is 5. The minimum absolute atomic E-state index is 0.170. The van der Waals surface area contributed by atoms with Gasteiger partial charge >= 0.3 is 0 Å². The van der Waals surface area contributed by atoms with Crippen molar-refractivity contribution in [1.29, 1.82) is 0 Å². The number of benzene rings is 1. The van der Waals surface area contributed by atoms with Crippen molar-refractivity contribution in [2.45, 2.75) is 69.1 Å². The number of amides is 1. The van der Waals surface area contributed by atoms with E-state index in [0.717, 1.165) is 0 Å². The summed E-state index contributed by atoms with van der Waals surface area (Å²) in [6.45, 7) is 0.752. The van der Waals surface area contributed by atoms with Gasteiger partial charge in [0.15, 0.2) is 6.29 Å². The molecule has 31 heavy (non-hydrogen) atoms. The number of ether oxygens (including phenoxy) is 3. The molecule has 1 aromatic carbocycles. The zero-order valence-electron chi connectivity index (χ0n) is 17.3. The molecule has 1 aliphatic carbocycles. The van der Waals surface area contributed by atoms with Crippen LogP contribution in [0.2, 0.25) is 0 Å². The van der Waals surface area contributed by atoms with Gasteiger partial charge in [-0.25, -0.2) is 0 Å². The fourth-order valence-corrected chi connectivity index (χ4v) is 4.03. The zero-order chi connectivity index (χ0) is 22.5. The summed E-state index contributed by atoms with van der Waals surface area (Å²) < 4.78 is 17.6. The van der Waals surface area contributed by atoms with Gasteiger partial charge in [0.1, 0.15) is 24.1 Å². The smallest absolute Gasteiger partial charge is 0.221 e. The molecule has 0 radical (unpaired) electrons. The number of anilines is 1. The molecule has 2 aliphatic rings. The highest BCUT2D eigenvalue weighted by molar-refractivity contribution is 5.88. The molecule has 6 N–H and O–H groups in total. The van der Waals surface area contributed by atoms with E-state index in [9.17, 15) is 30.3 Å². The fraction of sp³-hybridized carbons (Fsp3) is 0.667. The molecule has 0 unspecified atom stereocenters. The third-order valence-corrected chi connectivity index (χ3v) is 5.73. The monoisotopic (exact) mass is 441 g/mol. The van der Waals surface area contributed by atoms with Crippen LogP contribution in [0.15, 0.2) is 24.3 Å². The highest BCUT2D eigenvalue weighted by Crippen LogP contribution is 2.32. The Balaban J connectivity index is 1.56. The summed E-state index contributed by atoms with van der Waals surface area (Å²) in [5.74, 6) is -0.241. The molecule has 0 spiro atoms. The molecule has 1 aliphatic heterocycles. The van der Waals surface area contributed by atoms with Crippen LogP contribution in [0, 0.1) is 5.92 Å². The van der Waals surface area contributed by atoms with Crippen molar-refractivity contribution < 1.29 is 44.5 Å². The van der Waals surface area contributed by atoms with Gasteiger partial charge in [-0.2, -0.15) is 0 Å². The van der Waals surface area contributed by atoms with E-state index in [-0.39, 0.29) is 25.5 Å². The van der Waals surface area contributed by atoms with Gasteiger partial charge in [-0.3, -0.25) is 4.79 Å². The molecule has 3 rings (SSSR count). The van der Waals surface area contributed by atoms with Crippen molar-refractivity contribution in [3.8, 4) is 5.75 Å². The van der Waals surface area contributed by atoms with E-state index in [1.165, 1.54) is 6.92 Å². The Kier molecular flexibility index (Phi) is 8.23. The summed E-state index contributed by atoms with van der Waals surface area (Å²) in [4.78, 5) is 11.1. The zero-order valence-corrected chi connectivity index (χ0v) is 17.3. The van der Waals surface area contributed by atoms with Gasteiger partial charge in [-0.1, -0.05) is 0 Å². The van der Waals surface area contributed by atoms with Gasteiger partial charge in [0.2, 0.25) is 5.91 Å². The maximum Gasteiger partial charge on any atom is 0.221 e. The minimum atomic E-state index is -1.43. The summed E-state index contributed by atoms with van der Waals surface area (Å²) in [7, 11) is 0. The molecule has 174 valence electrons. The first-order chi connectivity index (χ1) is 14.8. The van der Waals surface area contributed by atoms with E-state index in [4.69, 9.17) is 14.2 Å². The Bertz CT molecular complexity index is 713. The molecule has 2 fully saturated rings. The van der Waals surface area contributed by atoms with Crippen LogP contribution in [0.25, 0.3) is 0 Å². The molecule has 10 nitrogen and oxygen atoms in total. The van der Waals surface area contributed by atoms with Crippen LogP contribution in [0.1, 0.15) is 26.2 Å². The van der Waals surface area contributed by atoms with Gasteiger partial charge in [-0.15, -0.1) is 0 Å². The van der Waals surface area contributed by atoms with Crippen molar-refractivity contribution in [3.05, 3.63) is 24.3 Å². The number of carbonyl (C=O) groups excluding carboxylic acids is 1. The number of aliphatic hydroxyl groups is 5. The second-order valence-corrected chi connectivity index (χ2v) is 8.05. The Morgan fingerprint density at radius 1 is 1.03 bits per heavy atom. The fourth-order valence-electron chi connectivity index (χ4n) is 4.03. The second kappa shape index (κ2) is 10.7. The van der Waals surface area contributed by atoms with E-state index < -0.39 is 48.8 Å². The first-order valence-electron chi connectivity index (χ1n) is 10.4. The topological polar surface area (TPSA) is 158 Å². The Hall–Kier alpha value is -1.79. The van der Waals surface area contributed by atoms with Crippen molar-refractivity contribution in [1.82, 2.24) is 0 Å². The summed E-state index contributed by atoms with van der Waals surface area (Å²) >= 11 is 0. The maximum absolute atomic E-state index is 11.1. The van der Waals surface area contributed by atoms with Crippen molar-refractivity contribution in [2.75, 3.05) is 18.5 Å². The summed E-state index contributed by atoms with van der Waals surface area (Å²) in [6.07, 6.45) is -5.53. The van der Waals surface area contributed by atoms with Crippen LogP contribution in [-0.4, -0.2) is 87.6 Å². The van der Waals surface area contributed by atoms with Crippen LogP contribution in [0.4, 0.5) is 5.69 Å². The first-order valence-corrected chi connectivity index (χ1v) is 10.4. The molecule has 1 saturated carbocycles. The molecule has 0 bridgehead atoms. The number of hydrogen-bond acceptors (Lipinski definition) is 9. The third-order valence-electron chi connectivity index (χ3n) is 5.73. The van der Waals surface area contributed by atoms with E-state index >= 15 is 0 Å². The van der Waals surface area contributed by atoms with Crippen LogP contribution >= 0.6 is 0 Å². The standard InChI is InChI=1S/C21H31NO9/c1-11(25)22-13-2-4-14(5-3-13)29-18-7-6-15(17(10-24)31-18)30-16-8-12(9-23)19(26)21(28)20(16)27/h2-5,12,15-21,23-24,26-28H,6-10H2,1H3,(H,22,25)/t12-,15+,16-,17-,18+,19+,20+,21+/m1/s1. The van der Waals surface area contributed by atoms with Crippen molar-refractivity contribution in [3.63, 3.8) is 0 Å². The van der Waals surface area contributed by atoms with Gasteiger partial charge in [0, 0.05) is 31.6 Å². The van der Waals surface area contributed by atoms with Crippen molar-refractivity contribution >= 4 is 11.6 Å². The van der Waals surface area contributed by atoms with Crippen LogP contribution < -0.4 is 10.1 Å². The molecular formula is C21H31NO9. The van der Waals surface area contributed by atoms with Crippen LogP contribution in [-0.2, 0) is 14.3 Å². The van der Waals surface area contributed by atoms with E-state index in [0.29, 0.717) is 24.3 Å². The molecule has 1 heterocycles. The molecule has 1 aromatic rings. The predicted octanol–water partition coefficient (Wildman–Crippen LogP) is -0.630. The average molecular weight is 441 g/mol. The lowest BCUT2D eigenvalue weighted by molar-refractivity contribution is -0.244. The van der Waals surface area contributed by atoms with Crippen LogP contribution in [0.3, 0.4) is 0 Å². The first kappa shape index (κ1) is 23.9. The molecular weight excluding hydrogens is 410 g/mol. The van der Waals surface area contributed by atoms with Crippen LogP contribution in [0.5, 0.6) is 5.75 Å². The third kappa shape index (κ3) is 5.92. The van der Waals surface area contributed by atoms with Gasteiger partial charge in [-0.05, 0) is 37.1 Å². The Morgan fingerprint density at radius 2 is 1.74 bits per heavy atom. The van der Waals surface area contributed by atoms with Crippen molar-refractivity contribution in [2.24, 2.45) is 5.92 Å². The van der Waals surface area contributed by atoms with Gasteiger partial charge in [0.25, 0.3) is 0 Å². The number of nitrogens with one attached hydrogen (secondary N) is 1. The lowest BCUT2D eigenvalue weighted by atomic mass is 9.81. The SMILES string of the molecule is CC(=O)Nc1ccc(O[C@@H]2CC[C@H](O[C@@H]3C[C@H](CO)[C@H](O)[C@H](O)[C@H]3O)[C@@H](CO)O2)cc1. The molecule has 0 aromatic heterocycles. The molecule has 1 saturated heterocycles. The van der Waals surface area contributed by atoms with E-state index in [1.807, 2.05) is 0 Å². The summed E-state index contributed by atoms with van der Waals surface area (Å²) in [5.41, 5.74) is 0.644. The quantitative estimate of drug-likeness (QED) is 0.324. The normalized spacial score (nSPS) is 36.1. The second-order valence-electron chi connectivity index (χ2n) is 8.05. The highest BCUT2D eigenvalue weighted by Gasteiger charge is 2.45. The largest absolute Gasteiger partial charge is 0.465 e. The van der Waals surface area contributed by atoms with E-state index in [2.05, 4.69) is 5.32 Å². The Labute approximate surface area is 180 Å². The minimum Gasteiger partial charge on any atom is -0.465 e. The highest BCUT2D eigenvalue weighted by atomic mass is 16.7. The predicted molar refractivity (Wildman–Crippen MR) is 108 cm³/mol. The maximum atomic E-state index is 11.1. The Morgan fingerprint density at radius 3 is 2.35 bits per heavy atom.